The maximum atomic E-state index is 12.1. The van der Waals surface area contributed by atoms with Crippen LogP contribution in [0.5, 0.6) is 0 Å². The zero-order valence-electron chi connectivity index (χ0n) is 10.6. The Morgan fingerprint density at radius 3 is 2.60 bits per heavy atom. The third-order valence-corrected chi connectivity index (χ3v) is 3.65. The van der Waals surface area contributed by atoms with Crippen LogP contribution in [0.2, 0.25) is 5.02 Å². The average molecular weight is 356 g/mol. The number of pyridine rings is 1. The van der Waals surface area contributed by atoms with Crippen LogP contribution in [0.15, 0.2) is 45.8 Å². The first-order valence-corrected chi connectivity index (χ1v) is 7.09. The van der Waals surface area contributed by atoms with Gasteiger partial charge in [0.1, 0.15) is 5.02 Å². The van der Waals surface area contributed by atoms with Crippen LogP contribution in [0.25, 0.3) is 0 Å². The number of rotatable bonds is 3. The van der Waals surface area contributed by atoms with Crippen LogP contribution in [-0.2, 0) is 0 Å². The topological polar surface area (TPSA) is 62.0 Å². The Morgan fingerprint density at radius 1 is 1.35 bits per heavy atom. The van der Waals surface area contributed by atoms with Crippen LogP contribution < -0.4 is 10.9 Å². The molecule has 0 saturated heterocycles. The monoisotopic (exact) mass is 354 g/mol. The molecule has 1 heterocycles. The first kappa shape index (κ1) is 14.8. The van der Waals surface area contributed by atoms with Crippen molar-refractivity contribution in [2.75, 3.05) is 0 Å². The van der Waals surface area contributed by atoms with E-state index >= 15 is 0 Å². The number of carbonyl (C=O) groups is 1. The predicted octanol–water partition coefficient (Wildman–Crippen LogP) is 3.28. The van der Waals surface area contributed by atoms with Crippen molar-refractivity contribution in [2.24, 2.45) is 0 Å². The maximum absolute atomic E-state index is 12.1. The lowest BCUT2D eigenvalue weighted by atomic mass is 10.1. The molecule has 1 amide bonds. The van der Waals surface area contributed by atoms with Crippen molar-refractivity contribution >= 4 is 33.4 Å². The number of amides is 1. The molecule has 0 aliphatic heterocycles. The number of halogens is 2. The van der Waals surface area contributed by atoms with Crippen LogP contribution in [0.1, 0.15) is 28.9 Å². The third-order valence-electron chi connectivity index (χ3n) is 2.84. The van der Waals surface area contributed by atoms with E-state index in [9.17, 15) is 9.59 Å². The van der Waals surface area contributed by atoms with Crippen molar-refractivity contribution in [2.45, 2.75) is 13.0 Å². The largest absolute Gasteiger partial charge is 0.345 e. The van der Waals surface area contributed by atoms with Gasteiger partial charge in [-0.1, -0.05) is 39.7 Å². The molecule has 1 aromatic heterocycles. The quantitative estimate of drug-likeness (QED) is 0.887. The highest BCUT2D eigenvalue weighted by atomic mass is 79.9. The molecule has 1 aromatic carbocycles. The van der Waals surface area contributed by atoms with E-state index in [1.807, 2.05) is 31.2 Å². The maximum Gasteiger partial charge on any atom is 0.266 e. The number of hydrogen-bond acceptors (Lipinski definition) is 2. The lowest BCUT2D eigenvalue weighted by Gasteiger charge is -2.14. The van der Waals surface area contributed by atoms with Crippen molar-refractivity contribution in [3.8, 4) is 0 Å². The Kier molecular flexibility index (Phi) is 4.62. The number of nitrogens with one attached hydrogen (secondary N) is 2. The van der Waals surface area contributed by atoms with E-state index in [0.717, 1.165) is 10.0 Å². The van der Waals surface area contributed by atoms with E-state index in [1.54, 1.807) is 0 Å². The van der Waals surface area contributed by atoms with E-state index in [2.05, 4.69) is 26.2 Å². The number of benzene rings is 1. The molecule has 0 spiro atoms. The summed E-state index contributed by atoms with van der Waals surface area (Å²) in [6, 6.07) is 8.87. The van der Waals surface area contributed by atoms with E-state index in [-0.39, 0.29) is 17.0 Å². The molecule has 20 heavy (non-hydrogen) atoms. The Bertz CT molecular complexity index is 682. The second-order valence-electron chi connectivity index (χ2n) is 4.31. The number of carbonyl (C=O) groups excluding carboxylic acids is 1. The third kappa shape index (κ3) is 3.49. The van der Waals surface area contributed by atoms with Gasteiger partial charge in [0.25, 0.3) is 11.5 Å². The first-order chi connectivity index (χ1) is 9.47. The molecule has 0 bridgehead atoms. The second-order valence-corrected chi connectivity index (χ2v) is 5.63. The zero-order chi connectivity index (χ0) is 14.7. The van der Waals surface area contributed by atoms with E-state index < -0.39 is 5.56 Å². The molecule has 1 atom stereocenters. The summed E-state index contributed by atoms with van der Waals surface area (Å²) in [5.41, 5.74) is 0.889. The molecule has 0 aliphatic carbocycles. The van der Waals surface area contributed by atoms with Gasteiger partial charge >= 0.3 is 0 Å². The van der Waals surface area contributed by atoms with Crippen LogP contribution in [0.4, 0.5) is 0 Å². The van der Waals surface area contributed by atoms with Crippen molar-refractivity contribution in [1.82, 2.24) is 10.3 Å². The second kappa shape index (κ2) is 6.24. The Hall–Kier alpha value is -1.59. The van der Waals surface area contributed by atoms with Gasteiger partial charge in [0.15, 0.2) is 0 Å². The van der Waals surface area contributed by atoms with Gasteiger partial charge in [-0.25, -0.2) is 0 Å². The highest BCUT2D eigenvalue weighted by Gasteiger charge is 2.12. The molecule has 2 rings (SSSR count). The van der Waals surface area contributed by atoms with Gasteiger partial charge in [0.05, 0.1) is 11.6 Å². The SMILES string of the molecule is CC(NC(=O)c1c[nH]c(=O)c(Cl)c1)c1ccc(Br)cc1. The minimum Gasteiger partial charge on any atom is -0.345 e. The fourth-order valence-corrected chi connectivity index (χ4v) is 2.14. The molecule has 4 nitrogen and oxygen atoms in total. The van der Waals surface area contributed by atoms with Gasteiger partial charge in [-0.15, -0.1) is 0 Å². The van der Waals surface area contributed by atoms with Crippen LogP contribution in [0, 0.1) is 0 Å². The summed E-state index contributed by atoms with van der Waals surface area (Å²) in [6.07, 6.45) is 1.35. The number of hydrogen-bond donors (Lipinski definition) is 2. The van der Waals surface area contributed by atoms with Gasteiger partial charge in [-0.05, 0) is 30.7 Å². The molecule has 6 heteroatoms. The molecule has 0 aliphatic rings. The van der Waals surface area contributed by atoms with Gasteiger partial charge < -0.3 is 10.3 Å². The molecule has 2 aromatic rings. The number of aromatic nitrogens is 1. The number of aromatic amines is 1. The summed E-state index contributed by atoms with van der Waals surface area (Å²) in [5.74, 6) is -0.293. The standard InChI is InChI=1S/C14H12BrClN2O2/c1-8(9-2-4-11(15)5-3-9)18-13(19)10-6-12(16)14(20)17-7-10/h2-8H,1H3,(H,17,20)(H,18,19). The van der Waals surface area contributed by atoms with Gasteiger partial charge in [0.2, 0.25) is 0 Å². The molecular weight excluding hydrogens is 344 g/mol. The fourth-order valence-electron chi connectivity index (χ4n) is 1.70. The molecule has 2 N–H and O–H groups in total. The van der Waals surface area contributed by atoms with Crippen molar-refractivity contribution in [3.63, 3.8) is 0 Å². The van der Waals surface area contributed by atoms with E-state index in [4.69, 9.17) is 11.6 Å². The highest BCUT2D eigenvalue weighted by Crippen LogP contribution is 2.17. The lowest BCUT2D eigenvalue weighted by molar-refractivity contribution is 0.0939. The van der Waals surface area contributed by atoms with Crippen molar-refractivity contribution in [3.05, 3.63) is 67.5 Å². The molecule has 1 unspecified atom stereocenters. The van der Waals surface area contributed by atoms with Gasteiger partial charge in [-0.2, -0.15) is 0 Å². The normalized spacial score (nSPS) is 11.9. The summed E-state index contributed by atoms with van der Waals surface area (Å²) in [7, 11) is 0. The molecular formula is C14H12BrClN2O2. The summed E-state index contributed by atoms with van der Waals surface area (Å²) < 4.78 is 0.979. The van der Waals surface area contributed by atoms with Crippen LogP contribution in [0.3, 0.4) is 0 Å². The Morgan fingerprint density at radius 2 is 2.00 bits per heavy atom. The minimum absolute atomic E-state index is 0.00561. The summed E-state index contributed by atoms with van der Waals surface area (Å²) in [6.45, 7) is 1.88. The highest BCUT2D eigenvalue weighted by molar-refractivity contribution is 9.10. The van der Waals surface area contributed by atoms with Crippen LogP contribution in [-0.4, -0.2) is 10.9 Å². The minimum atomic E-state index is -0.413. The van der Waals surface area contributed by atoms with E-state index in [1.165, 1.54) is 12.3 Å². The van der Waals surface area contributed by atoms with Crippen LogP contribution >= 0.6 is 27.5 Å². The van der Waals surface area contributed by atoms with E-state index in [0.29, 0.717) is 5.56 Å². The zero-order valence-corrected chi connectivity index (χ0v) is 13.0. The first-order valence-electron chi connectivity index (χ1n) is 5.92. The average Bonchev–Trinajstić information content (AvgIpc) is 2.42. The fraction of sp³-hybridized carbons (Fsp3) is 0.143. The molecule has 0 saturated carbocycles. The molecule has 104 valence electrons. The van der Waals surface area contributed by atoms with Crippen molar-refractivity contribution in [1.29, 1.82) is 0 Å². The lowest BCUT2D eigenvalue weighted by Crippen LogP contribution is -2.27. The smallest absolute Gasteiger partial charge is 0.266 e. The predicted molar refractivity (Wildman–Crippen MR) is 82.1 cm³/mol. The molecule has 0 fully saturated rings. The Balaban J connectivity index is 2.12. The number of H-pyrrole nitrogens is 1. The van der Waals surface area contributed by atoms with Crippen molar-refractivity contribution < 1.29 is 4.79 Å². The molecule has 0 radical (unpaired) electrons. The van der Waals surface area contributed by atoms with Gasteiger partial charge in [-0.3, -0.25) is 9.59 Å². The summed E-state index contributed by atoms with van der Waals surface area (Å²) >= 11 is 9.06. The summed E-state index contributed by atoms with van der Waals surface area (Å²) in [4.78, 5) is 25.6. The summed E-state index contributed by atoms with van der Waals surface area (Å²) in [5, 5.41) is 2.84. The van der Waals surface area contributed by atoms with Gasteiger partial charge in [0, 0.05) is 10.7 Å². The Labute approximate surface area is 129 Å².